The minimum Gasteiger partial charge on any atom is -0.493 e. The summed E-state index contributed by atoms with van der Waals surface area (Å²) >= 11 is 0. The fourth-order valence-electron chi connectivity index (χ4n) is 2.97. The number of ether oxygens (including phenoxy) is 3. The molecule has 0 saturated heterocycles. The Morgan fingerprint density at radius 2 is 1.96 bits per heavy atom. The lowest BCUT2D eigenvalue weighted by Gasteiger charge is -2.39. The zero-order chi connectivity index (χ0) is 20.0. The zero-order valence-electron chi connectivity index (χ0n) is 15.2. The van der Waals surface area contributed by atoms with Crippen LogP contribution in [0, 0.1) is 0 Å². The van der Waals surface area contributed by atoms with Gasteiger partial charge in [-0.05, 0) is 19.1 Å². The van der Waals surface area contributed by atoms with Crippen molar-refractivity contribution in [3.63, 3.8) is 0 Å². The molecule has 0 heterocycles. The largest absolute Gasteiger partial charge is 0.493 e. The molecule has 148 valence electrons. The number of para-hydroxylation sites is 1. The van der Waals surface area contributed by atoms with Crippen LogP contribution in [0.3, 0.4) is 0 Å². The minimum atomic E-state index is -2.04. The molecule has 0 unspecified atom stereocenters. The van der Waals surface area contributed by atoms with Crippen molar-refractivity contribution >= 4 is 18.0 Å². The van der Waals surface area contributed by atoms with Crippen molar-refractivity contribution in [3.8, 4) is 5.75 Å². The lowest BCUT2D eigenvalue weighted by molar-refractivity contribution is -0.198. The van der Waals surface area contributed by atoms with Crippen LogP contribution >= 0.6 is 0 Å². The molecule has 0 aromatic heterocycles. The molecule has 0 amide bonds. The number of benzene rings is 1. The molecule has 1 aromatic rings. The van der Waals surface area contributed by atoms with Gasteiger partial charge in [0.25, 0.3) is 0 Å². The van der Waals surface area contributed by atoms with Crippen molar-refractivity contribution in [2.24, 2.45) is 0 Å². The van der Waals surface area contributed by atoms with Crippen LogP contribution in [-0.4, -0.2) is 64.9 Å². The van der Waals surface area contributed by atoms with Gasteiger partial charge in [0.05, 0.1) is 19.8 Å². The van der Waals surface area contributed by atoms with Crippen molar-refractivity contribution in [1.82, 2.24) is 0 Å². The van der Waals surface area contributed by atoms with Gasteiger partial charge < -0.3 is 29.5 Å². The van der Waals surface area contributed by atoms with E-state index in [2.05, 4.69) is 4.74 Å². The number of hydrogen-bond acceptors (Lipinski definition) is 8. The maximum Gasteiger partial charge on any atom is 0.338 e. The second-order valence-electron chi connectivity index (χ2n) is 6.27. The molecule has 0 aliphatic heterocycles. The van der Waals surface area contributed by atoms with Crippen LogP contribution in [0.15, 0.2) is 30.3 Å². The number of aliphatic hydroxyl groups excluding tert-OH is 2. The van der Waals surface area contributed by atoms with Crippen LogP contribution in [0.2, 0.25) is 0 Å². The lowest BCUT2D eigenvalue weighted by atomic mass is 9.79. The molecule has 1 saturated carbocycles. The molecule has 3 N–H and O–H groups in total. The van der Waals surface area contributed by atoms with Gasteiger partial charge in [0.15, 0.2) is 5.60 Å². The fraction of sp³-hybridized carbons (Fsp3) is 0.474. The van der Waals surface area contributed by atoms with Gasteiger partial charge in [0.2, 0.25) is 0 Å². The summed E-state index contributed by atoms with van der Waals surface area (Å²) in [5.74, 6) is -1.17. The van der Waals surface area contributed by atoms with Gasteiger partial charge >= 0.3 is 11.9 Å². The summed E-state index contributed by atoms with van der Waals surface area (Å²) in [4.78, 5) is 23.9. The Kier molecular flexibility index (Phi) is 6.95. The summed E-state index contributed by atoms with van der Waals surface area (Å²) in [6, 6.07) is 7.09. The van der Waals surface area contributed by atoms with Crippen LogP contribution in [0.5, 0.6) is 5.75 Å². The number of aliphatic hydroxyl groups is 3. The van der Waals surface area contributed by atoms with Gasteiger partial charge in [0, 0.05) is 24.5 Å². The topological polar surface area (TPSA) is 123 Å². The van der Waals surface area contributed by atoms with Gasteiger partial charge in [-0.1, -0.05) is 18.2 Å². The average Bonchev–Trinajstić information content (AvgIpc) is 2.64. The summed E-state index contributed by atoms with van der Waals surface area (Å²) in [6.45, 7) is 2.31. The molecule has 1 fully saturated rings. The normalized spacial score (nSPS) is 28.0. The van der Waals surface area contributed by atoms with Gasteiger partial charge in [-0.15, -0.1) is 0 Å². The monoisotopic (exact) mass is 380 g/mol. The smallest absolute Gasteiger partial charge is 0.338 e. The average molecular weight is 380 g/mol. The van der Waals surface area contributed by atoms with E-state index < -0.39 is 42.3 Å². The van der Waals surface area contributed by atoms with E-state index in [9.17, 15) is 24.9 Å². The van der Waals surface area contributed by atoms with Gasteiger partial charge in [-0.3, -0.25) is 0 Å². The van der Waals surface area contributed by atoms with Crippen molar-refractivity contribution < 1.29 is 39.1 Å². The van der Waals surface area contributed by atoms with Crippen LogP contribution < -0.4 is 4.74 Å². The van der Waals surface area contributed by atoms with Crippen LogP contribution in [-0.2, 0) is 19.1 Å². The van der Waals surface area contributed by atoms with E-state index in [1.807, 2.05) is 6.92 Å². The predicted octanol–water partition coefficient (Wildman–Crippen LogP) is 0.430. The molecule has 1 aromatic carbocycles. The summed E-state index contributed by atoms with van der Waals surface area (Å²) in [7, 11) is 1.09. The zero-order valence-corrected chi connectivity index (χ0v) is 15.2. The van der Waals surface area contributed by atoms with E-state index >= 15 is 0 Å². The van der Waals surface area contributed by atoms with Crippen molar-refractivity contribution in [1.29, 1.82) is 0 Å². The molecule has 27 heavy (non-hydrogen) atoms. The van der Waals surface area contributed by atoms with Crippen LogP contribution in [0.25, 0.3) is 6.08 Å². The summed E-state index contributed by atoms with van der Waals surface area (Å²) in [6.07, 6.45) is -2.29. The molecule has 0 spiro atoms. The highest BCUT2D eigenvalue weighted by molar-refractivity contribution is 5.88. The molecule has 1 aliphatic carbocycles. The van der Waals surface area contributed by atoms with Crippen molar-refractivity contribution in [2.75, 3.05) is 13.7 Å². The number of carbonyl (C=O) groups is 2. The second kappa shape index (κ2) is 8.98. The molecular weight excluding hydrogens is 356 g/mol. The first-order chi connectivity index (χ1) is 12.8. The standard InChI is InChI=1S/C19H24O8/c1-3-26-14-7-5-4-6-12(14)8-9-16(21)27-15-11-19(24,18(23)25-2)10-13(20)17(15)22/h4-9,13,15,17,20,22,24H,3,10-11H2,1-2H3/b9-8+/t13-,15-,17-,19+/m1/s1. The number of carbonyl (C=O) groups excluding carboxylic acids is 2. The van der Waals surface area contributed by atoms with E-state index in [-0.39, 0.29) is 6.42 Å². The first-order valence-electron chi connectivity index (χ1n) is 8.58. The number of hydrogen-bond donors (Lipinski definition) is 3. The molecular formula is C19H24O8. The highest BCUT2D eigenvalue weighted by Gasteiger charge is 2.50. The SMILES string of the molecule is CCOc1ccccc1/C=C/C(=O)O[C@@H]1C[C@](O)(C(=O)OC)C[C@@H](O)[C@H]1O. The third-order valence-electron chi connectivity index (χ3n) is 4.31. The molecule has 8 nitrogen and oxygen atoms in total. The summed E-state index contributed by atoms with van der Waals surface area (Å²) < 4.78 is 15.1. The van der Waals surface area contributed by atoms with E-state index in [4.69, 9.17) is 9.47 Å². The van der Waals surface area contributed by atoms with Crippen molar-refractivity contribution in [3.05, 3.63) is 35.9 Å². The van der Waals surface area contributed by atoms with E-state index in [1.54, 1.807) is 24.3 Å². The molecule has 2 rings (SSSR count). The quantitative estimate of drug-likeness (QED) is 0.480. The van der Waals surface area contributed by atoms with Crippen LogP contribution in [0.4, 0.5) is 0 Å². The fourth-order valence-corrected chi connectivity index (χ4v) is 2.97. The number of methoxy groups -OCH3 is 1. The Labute approximate surface area is 157 Å². The van der Waals surface area contributed by atoms with Gasteiger partial charge in [-0.25, -0.2) is 9.59 Å². The predicted molar refractivity (Wildman–Crippen MR) is 94.7 cm³/mol. The van der Waals surface area contributed by atoms with Gasteiger partial charge in [-0.2, -0.15) is 0 Å². The number of esters is 2. The third kappa shape index (κ3) is 5.06. The molecule has 0 bridgehead atoms. The summed E-state index contributed by atoms with van der Waals surface area (Å²) in [5.41, 5.74) is -1.38. The molecule has 4 atom stereocenters. The summed E-state index contributed by atoms with van der Waals surface area (Å²) in [5, 5.41) is 30.3. The highest BCUT2D eigenvalue weighted by Crippen LogP contribution is 2.32. The van der Waals surface area contributed by atoms with Crippen LogP contribution in [0.1, 0.15) is 25.3 Å². The number of rotatable bonds is 6. The Balaban J connectivity index is 2.08. The Morgan fingerprint density at radius 1 is 1.26 bits per heavy atom. The Bertz CT molecular complexity index is 701. The van der Waals surface area contributed by atoms with E-state index in [0.717, 1.165) is 13.2 Å². The molecule has 0 radical (unpaired) electrons. The van der Waals surface area contributed by atoms with E-state index in [0.29, 0.717) is 17.9 Å². The molecule has 1 aliphatic rings. The Morgan fingerprint density at radius 3 is 2.63 bits per heavy atom. The highest BCUT2D eigenvalue weighted by atomic mass is 16.6. The van der Waals surface area contributed by atoms with Gasteiger partial charge in [0.1, 0.15) is 18.0 Å². The second-order valence-corrected chi connectivity index (χ2v) is 6.27. The maximum absolute atomic E-state index is 12.1. The Hall–Kier alpha value is -2.42. The molecule has 8 heteroatoms. The maximum atomic E-state index is 12.1. The third-order valence-corrected chi connectivity index (χ3v) is 4.31. The van der Waals surface area contributed by atoms with Crippen molar-refractivity contribution in [2.45, 2.75) is 43.7 Å². The lowest BCUT2D eigenvalue weighted by Crippen LogP contribution is -2.57. The van der Waals surface area contributed by atoms with E-state index in [1.165, 1.54) is 6.08 Å². The first kappa shape index (κ1) is 20.9. The minimum absolute atomic E-state index is 0.382. The first-order valence-corrected chi connectivity index (χ1v) is 8.58.